The first-order valence-electron chi connectivity index (χ1n) is 10.8. The van der Waals surface area contributed by atoms with Crippen LogP contribution in [0, 0.1) is 5.92 Å². The highest BCUT2D eigenvalue weighted by Crippen LogP contribution is 2.34. The van der Waals surface area contributed by atoms with Gasteiger partial charge in [-0.3, -0.25) is 19.7 Å². The molecule has 10 heteroatoms. The van der Waals surface area contributed by atoms with Crippen molar-refractivity contribution >= 4 is 45.6 Å². The van der Waals surface area contributed by atoms with Crippen LogP contribution in [0.2, 0.25) is 0 Å². The third-order valence-electron chi connectivity index (χ3n) is 5.46. The highest BCUT2D eigenvalue weighted by Gasteiger charge is 2.34. The molecule has 9 nitrogen and oxygen atoms in total. The fraction of sp³-hybridized carbons (Fsp3) is 0.292. The lowest BCUT2D eigenvalue weighted by Gasteiger charge is -2.16. The summed E-state index contributed by atoms with van der Waals surface area (Å²) in [6.07, 6.45) is 0.332. The van der Waals surface area contributed by atoms with Crippen LogP contribution in [-0.4, -0.2) is 41.6 Å². The molecule has 0 radical (unpaired) electrons. The summed E-state index contributed by atoms with van der Waals surface area (Å²) in [6, 6.07) is 14.0. The molecule has 1 aliphatic heterocycles. The monoisotopic (exact) mass is 479 g/mol. The van der Waals surface area contributed by atoms with E-state index in [0.29, 0.717) is 34.4 Å². The molecule has 1 fully saturated rings. The molecule has 3 aromatic rings. The van der Waals surface area contributed by atoms with Crippen molar-refractivity contribution in [1.29, 1.82) is 0 Å². The van der Waals surface area contributed by atoms with Gasteiger partial charge in [0.25, 0.3) is 5.91 Å². The highest BCUT2D eigenvalue weighted by atomic mass is 32.1. The van der Waals surface area contributed by atoms with Crippen LogP contribution in [0.5, 0.6) is 5.75 Å². The fourth-order valence-electron chi connectivity index (χ4n) is 3.50. The number of anilines is 3. The van der Waals surface area contributed by atoms with E-state index in [1.807, 2.05) is 38.1 Å². The van der Waals surface area contributed by atoms with Crippen LogP contribution >= 0.6 is 11.3 Å². The maximum atomic E-state index is 12.6. The molecule has 0 aliphatic carbocycles. The van der Waals surface area contributed by atoms with E-state index in [9.17, 15) is 14.4 Å². The lowest BCUT2D eigenvalue weighted by Crippen LogP contribution is -2.24. The average molecular weight is 480 g/mol. The van der Waals surface area contributed by atoms with Gasteiger partial charge in [0.2, 0.25) is 16.9 Å². The first-order chi connectivity index (χ1) is 16.3. The number of nitrogens with zero attached hydrogens (tertiary/aromatic N) is 3. The van der Waals surface area contributed by atoms with Crippen LogP contribution < -0.4 is 20.3 Å². The smallest absolute Gasteiger partial charge is 0.257 e. The molecule has 2 N–H and O–H groups in total. The minimum absolute atomic E-state index is 0.0144. The van der Waals surface area contributed by atoms with Crippen molar-refractivity contribution in [2.75, 3.05) is 29.2 Å². The Morgan fingerprint density at radius 2 is 1.76 bits per heavy atom. The van der Waals surface area contributed by atoms with E-state index in [4.69, 9.17) is 4.74 Å². The van der Waals surface area contributed by atoms with E-state index in [-0.39, 0.29) is 29.6 Å². The number of aromatic nitrogens is 2. The quantitative estimate of drug-likeness (QED) is 0.531. The van der Waals surface area contributed by atoms with Gasteiger partial charge in [-0.2, -0.15) is 0 Å². The number of amides is 3. The number of hydrogen-bond acceptors (Lipinski definition) is 7. The molecule has 2 heterocycles. The van der Waals surface area contributed by atoms with Crippen molar-refractivity contribution in [1.82, 2.24) is 10.2 Å². The first-order valence-corrected chi connectivity index (χ1v) is 11.7. The van der Waals surface area contributed by atoms with Crippen molar-refractivity contribution in [3.05, 3.63) is 59.1 Å². The molecule has 4 rings (SSSR count). The predicted octanol–water partition coefficient (Wildman–Crippen LogP) is 3.91. The Morgan fingerprint density at radius 3 is 2.41 bits per heavy atom. The summed E-state index contributed by atoms with van der Waals surface area (Å²) < 4.78 is 5.17. The zero-order valence-electron chi connectivity index (χ0n) is 19.1. The minimum Gasteiger partial charge on any atom is -0.497 e. The van der Waals surface area contributed by atoms with Crippen LogP contribution in [0.15, 0.2) is 48.5 Å². The Kier molecular flexibility index (Phi) is 6.87. The molecule has 0 bridgehead atoms. The summed E-state index contributed by atoms with van der Waals surface area (Å²) in [5.41, 5.74) is 1.86. The van der Waals surface area contributed by atoms with Crippen LogP contribution in [0.4, 0.5) is 16.5 Å². The van der Waals surface area contributed by atoms with E-state index < -0.39 is 0 Å². The van der Waals surface area contributed by atoms with Gasteiger partial charge in [0.05, 0.1) is 7.11 Å². The zero-order valence-corrected chi connectivity index (χ0v) is 19.9. The summed E-state index contributed by atoms with van der Waals surface area (Å²) in [7, 11) is 1.60. The topological polar surface area (TPSA) is 114 Å². The number of hydrogen-bond donors (Lipinski definition) is 2. The lowest BCUT2D eigenvalue weighted by atomic mass is 10.1. The van der Waals surface area contributed by atoms with Crippen LogP contribution in [0.3, 0.4) is 0 Å². The minimum atomic E-state index is -0.327. The van der Waals surface area contributed by atoms with Gasteiger partial charge in [0.15, 0.2) is 0 Å². The van der Waals surface area contributed by atoms with E-state index in [1.54, 1.807) is 36.3 Å². The van der Waals surface area contributed by atoms with Crippen molar-refractivity contribution < 1.29 is 19.1 Å². The van der Waals surface area contributed by atoms with E-state index in [0.717, 1.165) is 11.4 Å². The third-order valence-corrected chi connectivity index (χ3v) is 6.46. The molecule has 34 heavy (non-hydrogen) atoms. The van der Waals surface area contributed by atoms with Gasteiger partial charge in [0, 0.05) is 41.7 Å². The number of carbonyl (C=O) groups excluding carboxylic acids is 3. The second kappa shape index (κ2) is 10.0. The van der Waals surface area contributed by atoms with Crippen molar-refractivity contribution in [2.45, 2.75) is 26.2 Å². The van der Waals surface area contributed by atoms with E-state index in [1.165, 1.54) is 11.3 Å². The van der Waals surface area contributed by atoms with Crippen LogP contribution in [0.1, 0.15) is 41.6 Å². The zero-order chi connectivity index (χ0) is 24.2. The van der Waals surface area contributed by atoms with Crippen LogP contribution in [-0.2, 0) is 9.59 Å². The normalized spacial score (nSPS) is 15.5. The molecule has 1 aliphatic rings. The van der Waals surface area contributed by atoms with Crippen molar-refractivity contribution in [3.8, 4) is 5.75 Å². The Bertz CT molecular complexity index is 1190. The SMILES string of the molecule is COc1ccc(N2CC(c3nnc(NC(=O)c4ccc(NC(=O)C(C)C)cc4)s3)CC2=O)cc1. The van der Waals surface area contributed by atoms with Gasteiger partial charge < -0.3 is 15.0 Å². The molecule has 176 valence electrons. The summed E-state index contributed by atoms with van der Waals surface area (Å²) in [5, 5.41) is 14.9. The second-order valence-corrected chi connectivity index (χ2v) is 9.23. The number of benzene rings is 2. The first kappa shape index (κ1) is 23.4. The average Bonchev–Trinajstić information content (AvgIpc) is 3.46. The van der Waals surface area contributed by atoms with Crippen molar-refractivity contribution in [3.63, 3.8) is 0 Å². The predicted molar refractivity (Wildman–Crippen MR) is 130 cm³/mol. The molecular formula is C24H25N5O4S. The van der Waals surface area contributed by atoms with Gasteiger partial charge >= 0.3 is 0 Å². The number of carbonyl (C=O) groups is 3. The fourth-order valence-corrected chi connectivity index (χ4v) is 4.33. The lowest BCUT2D eigenvalue weighted by molar-refractivity contribution is -0.119. The summed E-state index contributed by atoms with van der Waals surface area (Å²) >= 11 is 1.26. The third kappa shape index (κ3) is 5.23. The molecule has 3 amide bonds. The van der Waals surface area contributed by atoms with Gasteiger partial charge in [0.1, 0.15) is 10.8 Å². The maximum absolute atomic E-state index is 12.6. The Balaban J connectivity index is 1.37. The summed E-state index contributed by atoms with van der Waals surface area (Å²) in [4.78, 5) is 38.7. The largest absolute Gasteiger partial charge is 0.497 e. The Hall–Kier alpha value is -3.79. The molecule has 1 aromatic heterocycles. The maximum Gasteiger partial charge on any atom is 0.257 e. The standard InChI is InChI=1S/C24H25N5O4S/c1-14(2)21(31)25-17-6-4-15(5-7-17)22(32)26-24-28-27-23(34-24)16-12-20(30)29(13-16)18-8-10-19(33-3)11-9-18/h4-11,14,16H,12-13H2,1-3H3,(H,25,31)(H,26,28,32). The molecule has 0 spiro atoms. The van der Waals surface area contributed by atoms with Gasteiger partial charge in [-0.05, 0) is 48.5 Å². The number of methoxy groups -OCH3 is 1. The number of nitrogens with one attached hydrogen (secondary N) is 2. The van der Waals surface area contributed by atoms with Gasteiger partial charge in [-0.1, -0.05) is 25.2 Å². The van der Waals surface area contributed by atoms with Gasteiger partial charge in [-0.25, -0.2) is 0 Å². The van der Waals surface area contributed by atoms with Crippen LogP contribution in [0.25, 0.3) is 0 Å². The Morgan fingerprint density at radius 1 is 1.06 bits per heavy atom. The molecule has 1 unspecified atom stereocenters. The van der Waals surface area contributed by atoms with Crippen molar-refractivity contribution in [2.24, 2.45) is 5.92 Å². The van der Waals surface area contributed by atoms with Gasteiger partial charge in [-0.15, -0.1) is 10.2 Å². The molecule has 0 saturated carbocycles. The molecule has 2 aromatic carbocycles. The van der Waals surface area contributed by atoms with E-state index in [2.05, 4.69) is 20.8 Å². The van der Waals surface area contributed by atoms with E-state index >= 15 is 0 Å². The number of rotatable bonds is 7. The highest BCUT2D eigenvalue weighted by molar-refractivity contribution is 7.15. The molecule has 1 atom stereocenters. The summed E-state index contributed by atoms with van der Waals surface area (Å²) in [6.45, 7) is 4.12. The molecular weight excluding hydrogens is 454 g/mol. The Labute approximate surface area is 201 Å². The summed E-state index contributed by atoms with van der Waals surface area (Å²) in [5.74, 6) is 0.1000. The molecule has 1 saturated heterocycles. The number of ether oxygens (including phenoxy) is 1. The second-order valence-electron chi connectivity index (χ2n) is 8.22.